The minimum Gasteiger partial charge on any atom is -0.489 e. The zero-order valence-electron chi connectivity index (χ0n) is 14.9. The highest BCUT2D eigenvalue weighted by atomic mass is 16.5. The molecule has 0 radical (unpaired) electrons. The number of hydrogen-bond acceptors (Lipinski definition) is 4. The van der Waals surface area contributed by atoms with Gasteiger partial charge < -0.3 is 14.4 Å². The summed E-state index contributed by atoms with van der Waals surface area (Å²) in [5, 5.41) is 12.7. The average molecular weight is 351 g/mol. The lowest BCUT2D eigenvalue weighted by atomic mass is 10.0. The van der Waals surface area contributed by atoms with Crippen LogP contribution in [0.3, 0.4) is 0 Å². The summed E-state index contributed by atoms with van der Waals surface area (Å²) in [5.41, 5.74) is 5.00. The maximum atomic E-state index is 10.6. The van der Waals surface area contributed by atoms with Crippen molar-refractivity contribution in [3.63, 3.8) is 0 Å². The average Bonchev–Trinajstić information content (AvgIpc) is 2.98. The monoisotopic (exact) mass is 351 g/mol. The van der Waals surface area contributed by atoms with E-state index in [4.69, 9.17) is 14.4 Å². The second-order valence-electron chi connectivity index (χ2n) is 6.23. The molecule has 0 saturated heterocycles. The Hall–Kier alpha value is -3.08. The van der Waals surface area contributed by atoms with E-state index >= 15 is 0 Å². The van der Waals surface area contributed by atoms with E-state index in [9.17, 15) is 4.79 Å². The van der Waals surface area contributed by atoms with E-state index in [2.05, 4.69) is 11.2 Å². The molecule has 134 valence electrons. The Balaban J connectivity index is 1.65. The molecule has 26 heavy (non-hydrogen) atoms. The molecule has 0 aliphatic heterocycles. The summed E-state index contributed by atoms with van der Waals surface area (Å²) in [6.45, 7) is 4.29. The van der Waals surface area contributed by atoms with E-state index in [0.717, 1.165) is 39.5 Å². The number of carbonyl (C=O) groups is 1. The van der Waals surface area contributed by atoms with Crippen molar-refractivity contribution in [2.45, 2.75) is 33.3 Å². The SMILES string of the molecule is Cc1noc(C)c1-c1cccc(COc2ccc(CCC(=O)O)cc2)c1. The van der Waals surface area contributed by atoms with E-state index < -0.39 is 5.97 Å². The Bertz CT molecular complexity index is 877. The van der Waals surface area contributed by atoms with Gasteiger partial charge in [-0.25, -0.2) is 0 Å². The number of nitrogens with zero attached hydrogens (tertiary/aromatic N) is 1. The van der Waals surface area contributed by atoms with Gasteiger partial charge >= 0.3 is 5.97 Å². The summed E-state index contributed by atoms with van der Waals surface area (Å²) in [7, 11) is 0. The van der Waals surface area contributed by atoms with E-state index in [1.165, 1.54) is 0 Å². The van der Waals surface area contributed by atoms with Crippen LogP contribution in [0.4, 0.5) is 0 Å². The third kappa shape index (κ3) is 4.30. The van der Waals surface area contributed by atoms with Gasteiger partial charge in [0.1, 0.15) is 18.1 Å². The molecule has 0 aliphatic carbocycles. The van der Waals surface area contributed by atoms with Crippen LogP contribution in [-0.4, -0.2) is 16.2 Å². The first-order valence-corrected chi connectivity index (χ1v) is 8.48. The second kappa shape index (κ2) is 7.87. The fraction of sp³-hybridized carbons (Fsp3) is 0.238. The van der Waals surface area contributed by atoms with Crippen molar-refractivity contribution in [1.82, 2.24) is 5.16 Å². The van der Waals surface area contributed by atoms with Crippen LogP contribution >= 0.6 is 0 Å². The first kappa shape index (κ1) is 17.7. The summed E-state index contributed by atoms with van der Waals surface area (Å²) in [4.78, 5) is 10.6. The molecule has 3 rings (SSSR count). The van der Waals surface area contributed by atoms with E-state index in [1.807, 2.05) is 56.3 Å². The minimum absolute atomic E-state index is 0.134. The van der Waals surface area contributed by atoms with Crippen molar-refractivity contribution in [3.05, 3.63) is 71.1 Å². The predicted octanol–water partition coefficient (Wildman–Crippen LogP) is 4.55. The van der Waals surface area contributed by atoms with Crippen LogP contribution in [0.25, 0.3) is 11.1 Å². The number of carboxylic acid groups (broad SMARTS) is 1. The van der Waals surface area contributed by atoms with Crippen LogP contribution in [0.5, 0.6) is 5.75 Å². The van der Waals surface area contributed by atoms with Crippen LogP contribution in [0, 0.1) is 13.8 Å². The van der Waals surface area contributed by atoms with Crippen molar-refractivity contribution in [1.29, 1.82) is 0 Å². The van der Waals surface area contributed by atoms with Crippen LogP contribution in [0.15, 0.2) is 53.1 Å². The molecule has 1 heterocycles. The zero-order chi connectivity index (χ0) is 18.5. The maximum Gasteiger partial charge on any atom is 0.303 e. The standard InChI is InChI=1S/C21H21NO4/c1-14-21(15(2)26-22-14)18-5-3-4-17(12-18)13-25-19-9-6-16(7-10-19)8-11-20(23)24/h3-7,9-10,12H,8,11,13H2,1-2H3,(H,23,24). The molecule has 0 atom stereocenters. The van der Waals surface area contributed by atoms with Crippen LogP contribution in [0.1, 0.15) is 29.0 Å². The largest absolute Gasteiger partial charge is 0.489 e. The Kier molecular flexibility index (Phi) is 5.37. The van der Waals surface area contributed by atoms with Crippen LogP contribution in [0.2, 0.25) is 0 Å². The van der Waals surface area contributed by atoms with Gasteiger partial charge in [0.25, 0.3) is 0 Å². The minimum atomic E-state index is -0.788. The van der Waals surface area contributed by atoms with Crippen molar-refractivity contribution >= 4 is 5.97 Å². The molecule has 0 unspecified atom stereocenters. The molecule has 0 bridgehead atoms. The lowest BCUT2D eigenvalue weighted by Gasteiger charge is -2.09. The van der Waals surface area contributed by atoms with E-state index in [1.54, 1.807) is 0 Å². The predicted molar refractivity (Wildman–Crippen MR) is 98.1 cm³/mol. The number of carboxylic acids is 1. The summed E-state index contributed by atoms with van der Waals surface area (Å²) >= 11 is 0. The fourth-order valence-corrected chi connectivity index (χ4v) is 2.88. The van der Waals surface area contributed by atoms with Gasteiger partial charge in [-0.1, -0.05) is 35.5 Å². The number of aromatic nitrogens is 1. The molecule has 2 aromatic carbocycles. The molecule has 0 fully saturated rings. The molecule has 5 nitrogen and oxygen atoms in total. The molecule has 0 amide bonds. The Morgan fingerprint density at radius 1 is 1.12 bits per heavy atom. The Labute approximate surface area is 152 Å². The van der Waals surface area contributed by atoms with Crippen LogP contribution < -0.4 is 4.74 Å². The topological polar surface area (TPSA) is 72.6 Å². The summed E-state index contributed by atoms with van der Waals surface area (Å²) in [5.74, 6) is 0.771. The Morgan fingerprint density at radius 3 is 2.54 bits per heavy atom. The quantitative estimate of drug-likeness (QED) is 0.676. The number of aliphatic carboxylic acids is 1. The van der Waals surface area contributed by atoms with Gasteiger partial charge in [0.05, 0.1) is 5.69 Å². The molecular weight excluding hydrogens is 330 g/mol. The molecule has 0 saturated carbocycles. The van der Waals surface area contributed by atoms with Crippen molar-refractivity contribution in [2.75, 3.05) is 0 Å². The molecule has 0 spiro atoms. The normalized spacial score (nSPS) is 10.7. The number of benzene rings is 2. The van der Waals surface area contributed by atoms with Gasteiger partial charge in [-0.3, -0.25) is 4.79 Å². The summed E-state index contributed by atoms with van der Waals surface area (Å²) in [6, 6.07) is 15.7. The van der Waals surface area contributed by atoms with Gasteiger partial charge in [0.15, 0.2) is 0 Å². The van der Waals surface area contributed by atoms with Gasteiger partial charge in [0, 0.05) is 12.0 Å². The highest BCUT2D eigenvalue weighted by molar-refractivity contribution is 5.68. The number of ether oxygens (including phenoxy) is 1. The summed E-state index contributed by atoms with van der Waals surface area (Å²) < 4.78 is 11.1. The van der Waals surface area contributed by atoms with Gasteiger partial charge in [-0.05, 0) is 55.2 Å². The third-order valence-corrected chi connectivity index (χ3v) is 4.21. The van der Waals surface area contributed by atoms with Gasteiger partial charge in [0.2, 0.25) is 0 Å². The van der Waals surface area contributed by atoms with Gasteiger partial charge in [-0.15, -0.1) is 0 Å². The first-order chi connectivity index (χ1) is 12.5. The number of rotatable bonds is 7. The Morgan fingerprint density at radius 2 is 1.88 bits per heavy atom. The highest BCUT2D eigenvalue weighted by Gasteiger charge is 2.11. The molecule has 0 aliphatic rings. The lowest BCUT2D eigenvalue weighted by Crippen LogP contribution is -1.98. The maximum absolute atomic E-state index is 10.6. The van der Waals surface area contributed by atoms with Crippen molar-refractivity contribution in [3.8, 4) is 16.9 Å². The molecule has 1 aromatic heterocycles. The molecular formula is C21H21NO4. The van der Waals surface area contributed by atoms with E-state index in [-0.39, 0.29) is 6.42 Å². The number of hydrogen-bond donors (Lipinski definition) is 1. The number of aryl methyl sites for hydroxylation is 3. The van der Waals surface area contributed by atoms with Crippen LogP contribution in [-0.2, 0) is 17.8 Å². The zero-order valence-corrected chi connectivity index (χ0v) is 14.9. The fourth-order valence-electron chi connectivity index (χ4n) is 2.88. The second-order valence-corrected chi connectivity index (χ2v) is 6.23. The van der Waals surface area contributed by atoms with Crippen molar-refractivity contribution in [2.24, 2.45) is 0 Å². The molecule has 1 N–H and O–H groups in total. The smallest absolute Gasteiger partial charge is 0.303 e. The third-order valence-electron chi connectivity index (χ3n) is 4.21. The highest BCUT2D eigenvalue weighted by Crippen LogP contribution is 2.27. The lowest BCUT2D eigenvalue weighted by molar-refractivity contribution is -0.136. The first-order valence-electron chi connectivity index (χ1n) is 8.48. The summed E-state index contributed by atoms with van der Waals surface area (Å²) in [6.07, 6.45) is 0.657. The molecule has 5 heteroatoms. The van der Waals surface area contributed by atoms with Gasteiger partial charge in [-0.2, -0.15) is 0 Å². The molecule has 3 aromatic rings. The van der Waals surface area contributed by atoms with E-state index in [0.29, 0.717) is 13.0 Å². The van der Waals surface area contributed by atoms with Crippen molar-refractivity contribution < 1.29 is 19.2 Å².